The van der Waals surface area contributed by atoms with Crippen molar-refractivity contribution in [2.24, 2.45) is 5.92 Å². The van der Waals surface area contributed by atoms with Crippen LogP contribution in [0.2, 0.25) is 0 Å². The molecule has 1 aromatic heterocycles. The van der Waals surface area contributed by atoms with Crippen molar-refractivity contribution in [3.63, 3.8) is 0 Å². The highest BCUT2D eigenvalue weighted by Gasteiger charge is 2.23. The number of nitrogens with one attached hydrogen (secondary N) is 1. The van der Waals surface area contributed by atoms with Gasteiger partial charge in [-0.2, -0.15) is 0 Å². The predicted octanol–water partition coefficient (Wildman–Crippen LogP) is 2.59. The van der Waals surface area contributed by atoms with Crippen molar-refractivity contribution in [3.05, 3.63) is 16.1 Å². The van der Waals surface area contributed by atoms with Gasteiger partial charge in [-0.1, -0.05) is 0 Å². The van der Waals surface area contributed by atoms with E-state index in [1.807, 2.05) is 6.92 Å². The van der Waals surface area contributed by atoms with Gasteiger partial charge in [0.05, 0.1) is 11.2 Å². The number of aromatic nitrogens is 1. The van der Waals surface area contributed by atoms with E-state index in [1.165, 1.54) is 11.3 Å². The number of alkyl halides is 1. The first kappa shape index (κ1) is 11.9. The number of nitrogens with zero attached hydrogens (tertiary/aromatic N) is 1. The molecule has 1 amide bonds. The van der Waals surface area contributed by atoms with E-state index in [0.717, 1.165) is 30.8 Å². The van der Waals surface area contributed by atoms with Gasteiger partial charge < -0.3 is 5.32 Å². The predicted molar refractivity (Wildman–Crippen MR) is 66.2 cm³/mol. The number of halogens is 1. The first-order valence-corrected chi connectivity index (χ1v) is 6.75. The largest absolute Gasteiger partial charge is 0.351 e. The molecule has 1 aromatic rings. The van der Waals surface area contributed by atoms with Crippen molar-refractivity contribution in [2.75, 3.05) is 6.54 Å². The molecule has 2 rings (SSSR count). The Labute approximate surface area is 104 Å². The Balaban J connectivity index is 1.80. The fourth-order valence-electron chi connectivity index (χ4n) is 1.99. The standard InChI is InChI=1S/C11H15ClN2OS/c1-7-13-6-10(16-7)11(15)14-5-8-2-3-9(12)4-8/h6,8-9H,2-5H2,1H3,(H,14,15). The lowest BCUT2D eigenvalue weighted by Gasteiger charge is -2.09. The lowest BCUT2D eigenvalue weighted by Crippen LogP contribution is -2.27. The van der Waals surface area contributed by atoms with E-state index in [1.54, 1.807) is 6.20 Å². The van der Waals surface area contributed by atoms with Crippen LogP contribution in [0, 0.1) is 12.8 Å². The van der Waals surface area contributed by atoms with Crippen molar-refractivity contribution >= 4 is 28.8 Å². The van der Waals surface area contributed by atoms with E-state index in [9.17, 15) is 4.79 Å². The second-order valence-electron chi connectivity index (χ2n) is 4.23. The van der Waals surface area contributed by atoms with Crippen LogP contribution < -0.4 is 5.32 Å². The topological polar surface area (TPSA) is 42.0 Å². The highest BCUT2D eigenvalue weighted by Crippen LogP contribution is 2.28. The van der Waals surface area contributed by atoms with Crippen LogP contribution in [0.1, 0.15) is 33.9 Å². The summed E-state index contributed by atoms with van der Waals surface area (Å²) >= 11 is 7.45. The van der Waals surface area contributed by atoms with Crippen LogP contribution in [0.15, 0.2) is 6.20 Å². The quantitative estimate of drug-likeness (QED) is 0.847. The van der Waals surface area contributed by atoms with Gasteiger partial charge in [-0.3, -0.25) is 4.79 Å². The molecular weight excluding hydrogens is 244 g/mol. The molecule has 16 heavy (non-hydrogen) atoms. The van der Waals surface area contributed by atoms with E-state index < -0.39 is 0 Å². The summed E-state index contributed by atoms with van der Waals surface area (Å²) in [7, 11) is 0. The van der Waals surface area contributed by atoms with Gasteiger partial charge in [-0.05, 0) is 32.1 Å². The summed E-state index contributed by atoms with van der Waals surface area (Å²) in [5.41, 5.74) is 0. The second kappa shape index (κ2) is 5.15. The number of rotatable bonds is 3. The molecule has 88 valence electrons. The molecule has 0 bridgehead atoms. The maximum Gasteiger partial charge on any atom is 0.263 e. The van der Waals surface area contributed by atoms with Gasteiger partial charge in [-0.15, -0.1) is 22.9 Å². The maximum atomic E-state index is 11.7. The number of thiazole rings is 1. The lowest BCUT2D eigenvalue weighted by atomic mass is 10.1. The van der Waals surface area contributed by atoms with E-state index in [0.29, 0.717) is 16.2 Å². The number of hydrogen-bond acceptors (Lipinski definition) is 3. The zero-order valence-electron chi connectivity index (χ0n) is 9.20. The van der Waals surface area contributed by atoms with E-state index in [2.05, 4.69) is 10.3 Å². The van der Waals surface area contributed by atoms with Crippen LogP contribution in [-0.4, -0.2) is 22.8 Å². The summed E-state index contributed by atoms with van der Waals surface area (Å²) < 4.78 is 0. The van der Waals surface area contributed by atoms with E-state index in [-0.39, 0.29) is 5.91 Å². The third kappa shape index (κ3) is 2.95. The molecule has 3 nitrogen and oxygen atoms in total. The third-order valence-corrected chi connectivity index (χ3v) is 4.18. The molecule has 0 aromatic carbocycles. The summed E-state index contributed by atoms with van der Waals surface area (Å²) in [5.74, 6) is 0.532. The minimum Gasteiger partial charge on any atom is -0.351 e. The minimum absolute atomic E-state index is 0.0105. The lowest BCUT2D eigenvalue weighted by molar-refractivity contribution is 0.0951. The molecule has 2 atom stereocenters. The van der Waals surface area contributed by atoms with Crippen LogP contribution in [0.3, 0.4) is 0 Å². The average Bonchev–Trinajstić information content (AvgIpc) is 2.84. The van der Waals surface area contributed by atoms with Crippen LogP contribution in [0.4, 0.5) is 0 Å². The van der Waals surface area contributed by atoms with Gasteiger partial charge in [-0.25, -0.2) is 4.98 Å². The first-order valence-electron chi connectivity index (χ1n) is 5.50. The fraction of sp³-hybridized carbons (Fsp3) is 0.636. The van der Waals surface area contributed by atoms with Crippen LogP contribution in [0.5, 0.6) is 0 Å². The Bertz CT molecular complexity index is 380. The average molecular weight is 259 g/mol. The van der Waals surface area contributed by atoms with Crippen LogP contribution in [-0.2, 0) is 0 Å². The van der Waals surface area contributed by atoms with Gasteiger partial charge >= 0.3 is 0 Å². The molecule has 1 fully saturated rings. The molecule has 1 aliphatic carbocycles. The Morgan fingerprint density at radius 3 is 3.06 bits per heavy atom. The molecular formula is C11H15ClN2OS. The zero-order valence-corrected chi connectivity index (χ0v) is 10.8. The molecule has 0 aliphatic heterocycles. The van der Waals surface area contributed by atoms with Crippen LogP contribution in [0.25, 0.3) is 0 Å². The van der Waals surface area contributed by atoms with Crippen LogP contribution >= 0.6 is 22.9 Å². The first-order chi connectivity index (χ1) is 7.65. The summed E-state index contributed by atoms with van der Waals surface area (Å²) in [5, 5.41) is 4.17. The molecule has 0 spiro atoms. The molecule has 0 radical (unpaired) electrons. The van der Waals surface area contributed by atoms with Crippen molar-refractivity contribution in [1.82, 2.24) is 10.3 Å². The van der Waals surface area contributed by atoms with E-state index in [4.69, 9.17) is 11.6 Å². The smallest absolute Gasteiger partial charge is 0.263 e. The second-order valence-corrected chi connectivity index (χ2v) is 6.08. The normalized spacial score (nSPS) is 24.6. The Kier molecular flexibility index (Phi) is 3.82. The third-order valence-electron chi connectivity index (χ3n) is 2.87. The SMILES string of the molecule is Cc1ncc(C(=O)NCC2CCC(Cl)C2)s1. The summed E-state index contributed by atoms with van der Waals surface area (Å²) in [6.07, 6.45) is 4.84. The number of carbonyl (C=O) groups excluding carboxylic acids is 1. The maximum absolute atomic E-state index is 11.7. The summed E-state index contributed by atoms with van der Waals surface area (Å²) in [6.45, 7) is 2.63. The minimum atomic E-state index is -0.0105. The Morgan fingerprint density at radius 2 is 2.50 bits per heavy atom. The number of carbonyl (C=O) groups is 1. The highest BCUT2D eigenvalue weighted by atomic mass is 35.5. The molecule has 1 aliphatic rings. The number of hydrogen-bond donors (Lipinski definition) is 1. The highest BCUT2D eigenvalue weighted by molar-refractivity contribution is 7.13. The zero-order chi connectivity index (χ0) is 11.5. The Hall–Kier alpha value is -0.610. The molecule has 2 unspecified atom stereocenters. The molecule has 1 saturated carbocycles. The Morgan fingerprint density at radius 1 is 1.69 bits per heavy atom. The van der Waals surface area contributed by atoms with Crippen molar-refractivity contribution in [2.45, 2.75) is 31.6 Å². The monoisotopic (exact) mass is 258 g/mol. The molecule has 5 heteroatoms. The number of amides is 1. The fourth-order valence-corrected chi connectivity index (χ4v) is 3.06. The van der Waals surface area contributed by atoms with E-state index >= 15 is 0 Å². The summed E-state index contributed by atoms with van der Waals surface area (Å²) in [4.78, 5) is 16.5. The van der Waals surface area contributed by atoms with Crippen molar-refractivity contribution < 1.29 is 4.79 Å². The molecule has 1 heterocycles. The van der Waals surface area contributed by atoms with Gasteiger partial charge in [0.25, 0.3) is 5.91 Å². The number of aryl methyl sites for hydroxylation is 1. The summed E-state index contributed by atoms with van der Waals surface area (Å²) in [6, 6.07) is 0. The van der Waals surface area contributed by atoms with Crippen molar-refractivity contribution in [1.29, 1.82) is 0 Å². The van der Waals surface area contributed by atoms with Gasteiger partial charge in [0.15, 0.2) is 0 Å². The molecule has 0 saturated heterocycles. The van der Waals surface area contributed by atoms with Gasteiger partial charge in [0.1, 0.15) is 4.88 Å². The van der Waals surface area contributed by atoms with Gasteiger partial charge in [0.2, 0.25) is 0 Å². The van der Waals surface area contributed by atoms with Gasteiger partial charge in [0, 0.05) is 11.9 Å². The van der Waals surface area contributed by atoms with Crippen molar-refractivity contribution in [3.8, 4) is 0 Å². The molecule has 1 N–H and O–H groups in total.